The van der Waals surface area contributed by atoms with Crippen molar-refractivity contribution in [3.63, 3.8) is 0 Å². The Morgan fingerprint density at radius 1 is 0.750 bits per heavy atom. The molecule has 2 atom stereocenters. The predicted octanol–water partition coefficient (Wildman–Crippen LogP) is 6.32. The van der Waals surface area contributed by atoms with E-state index < -0.39 is 18.1 Å². The molecule has 7 heteroatoms. The first-order valence-electron chi connectivity index (χ1n) is 14.5. The highest BCUT2D eigenvalue weighted by molar-refractivity contribution is 5.72. The molecule has 0 aromatic rings. The Labute approximate surface area is 242 Å². The minimum absolute atomic E-state index is 0.00466. The molecule has 0 bridgehead atoms. The highest BCUT2D eigenvalue weighted by atomic mass is 16.5. The lowest BCUT2D eigenvalue weighted by molar-refractivity contribution is -0.887. The number of aliphatic hydroxyl groups is 1. The molecule has 0 heterocycles. The molecule has 2 N–H and O–H groups in total. The number of hydrogen-bond donors (Lipinski definition) is 2. The number of esters is 1. The van der Waals surface area contributed by atoms with Crippen LogP contribution in [0, 0.1) is 0 Å². The van der Waals surface area contributed by atoms with Gasteiger partial charge in [-0.1, -0.05) is 79.8 Å². The van der Waals surface area contributed by atoms with Gasteiger partial charge >= 0.3 is 11.9 Å². The van der Waals surface area contributed by atoms with Gasteiger partial charge in [0.1, 0.15) is 12.7 Å². The largest absolute Gasteiger partial charge is 0.477 e. The minimum atomic E-state index is -0.931. The number of unbranched alkanes of at least 4 members (excludes halogenated alkanes) is 1. The molecular formula is C33H54NO6+. The Balaban J connectivity index is 3.74. The number of likely N-dealkylation sites (N-methyl/N-ethyl adjacent to an activating group) is 1. The summed E-state index contributed by atoms with van der Waals surface area (Å²) >= 11 is 0. The van der Waals surface area contributed by atoms with Crippen molar-refractivity contribution in [1.29, 1.82) is 0 Å². The Morgan fingerprint density at radius 3 is 1.68 bits per heavy atom. The van der Waals surface area contributed by atoms with E-state index in [1.807, 2.05) is 21.1 Å². The molecule has 226 valence electrons. The lowest BCUT2D eigenvalue weighted by Gasteiger charge is -2.31. The van der Waals surface area contributed by atoms with E-state index in [4.69, 9.17) is 9.47 Å². The maximum atomic E-state index is 11.9. The van der Waals surface area contributed by atoms with E-state index in [0.29, 0.717) is 19.3 Å². The van der Waals surface area contributed by atoms with Crippen LogP contribution in [0.25, 0.3) is 0 Å². The summed E-state index contributed by atoms with van der Waals surface area (Å²) in [5.74, 6) is -1.23. The highest BCUT2D eigenvalue weighted by Crippen LogP contribution is 2.08. The molecule has 0 aliphatic rings. The summed E-state index contributed by atoms with van der Waals surface area (Å²) in [5, 5.41) is 19.2. The number of carbonyl (C=O) groups excluding carboxylic acids is 1. The van der Waals surface area contributed by atoms with Gasteiger partial charge in [-0.3, -0.25) is 4.79 Å². The van der Waals surface area contributed by atoms with Crippen molar-refractivity contribution in [1.82, 2.24) is 0 Å². The van der Waals surface area contributed by atoms with E-state index in [0.717, 1.165) is 44.9 Å². The molecule has 0 amide bonds. The van der Waals surface area contributed by atoms with E-state index in [9.17, 15) is 19.8 Å². The molecule has 40 heavy (non-hydrogen) atoms. The molecule has 0 aromatic heterocycles. The number of nitrogens with zero attached hydrogens (tertiary/aromatic N) is 1. The van der Waals surface area contributed by atoms with Crippen LogP contribution in [0.3, 0.4) is 0 Å². The lowest BCUT2D eigenvalue weighted by atomic mass is 10.1. The summed E-state index contributed by atoms with van der Waals surface area (Å²) < 4.78 is 10.8. The molecule has 0 saturated carbocycles. The van der Waals surface area contributed by atoms with Gasteiger partial charge in [-0.05, 0) is 51.4 Å². The van der Waals surface area contributed by atoms with Gasteiger partial charge in [0.2, 0.25) is 0 Å². The first-order chi connectivity index (χ1) is 19.2. The van der Waals surface area contributed by atoms with Crippen LogP contribution < -0.4 is 0 Å². The monoisotopic (exact) mass is 560 g/mol. The van der Waals surface area contributed by atoms with Crippen molar-refractivity contribution < 1.29 is 33.8 Å². The van der Waals surface area contributed by atoms with Crippen LogP contribution in [-0.4, -0.2) is 79.7 Å². The predicted molar refractivity (Wildman–Crippen MR) is 164 cm³/mol. The van der Waals surface area contributed by atoms with Gasteiger partial charge in [-0.2, -0.15) is 0 Å². The minimum Gasteiger partial charge on any atom is -0.477 e. The number of allylic oxidation sites excluding steroid dienone is 12. The number of carboxylic acids is 1. The second-order valence-electron chi connectivity index (χ2n) is 10.5. The zero-order chi connectivity index (χ0) is 29.9. The number of carbonyl (C=O) groups is 2. The molecule has 0 aliphatic heterocycles. The molecule has 0 aromatic carbocycles. The van der Waals surface area contributed by atoms with E-state index in [1.54, 1.807) is 0 Å². The topological polar surface area (TPSA) is 93.1 Å². The Morgan fingerprint density at radius 2 is 1.23 bits per heavy atom. The SMILES string of the molecule is CC/C=C/C/C=C/C/C=C/C/C=C/C/C=C/C/C=C/CCCC(=O)OCC(O)COCCC(C(=O)O)[N+](C)(C)C. The molecule has 0 saturated heterocycles. The molecule has 0 radical (unpaired) electrons. The molecule has 2 unspecified atom stereocenters. The average Bonchev–Trinajstić information content (AvgIpc) is 2.89. The fraction of sp³-hybridized carbons (Fsp3) is 0.576. The highest BCUT2D eigenvalue weighted by Gasteiger charge is 2.30. The van der Waals surface area contributed by atoms with Crippen LogP contribution in [0.15, 0.2) is 72.9 Å². The average molecular weight is 561 g/mol. The van der Waals surface area contributed by atoms with Crippen LogP contribution >= 0.6 is 0 Å². The number of rotatable bonds is 24. The molecule has 0 aliphatic carbocycles. The Kier molecular flexibility index (Phi) is 23.5. The van der Waals surface area contributed by atoms with Crippen molar-refractivity contribution in [2.24, 2.45) is 0 Å². The fourth-order valence-corrected chi connectivity index (χ4v) is 3.57. The van der Waals surface area contributed by atoms with Crippen molar-refractivity contribution in [3.05, 3.63) is 72.9 Å². The van der Waals surface area contributed by atoms with Gasteiger partial charge in [0.25, 0.3) is 0 Å². The summed E-state index contributed by atoms with van der Waals surface area (Å²) in [7, 11) is 5.44. The second kappa shape index (κ2) is 25.2. The molecule has 0 spiro atoms. The van der Waals surface area contributed by atoms with Crippen LogP contribution in [0.4, 0.5) is 0 Å². The van der Waals surface area contributed by atoms with Crippen LogP contribution in [0.1, 0.15) is 71.1 Å². The van der Waals surface area contributed by atoms with Crippen molar-refractivity contribution in [2.45, 2.75) is 83.3 Å². The van der Waals surface area contributed by atoms with E-state index >= 15 is 0 Å². The van der Waals surface area contributed by atoms with Crippen molar-refractivity contribution in [2.75, 3.05) is 41.0 Å². The van der Waals surface area contributed by atoms with E-state index in [-0.39, 0.29) is 30.3 Å². The smallest absolute Gasteiger partial charge is 0.362 e. The third kappa shape index (κ3) is 24.3. The van der Waals surface area contributed by atoms with Crippen molar-refractivity contribution in [3.8, 4) is 0 Å². The Bertz CT molecular complexity index is 832. The fourth-order valence-electron chi connectivity index (χ4n) is 3.57. The van der Waals surface area contributed by atoms with E-state index in [2.05, 4.69) is 79.8 Å². The molecular weight excluding hydrogens is 506 g/mol. The zero-order valence-electron chi connectivity index (χ0n) is 25.2. The van der Waals surface area contributed by atoms with Crippen LogP contribution in [0.5, 0.6) is 0 Å². The first kappa shape index (κ1) is 37.3. The summed E-state index contributed by atoms with van der Waals surface area (Å²) in [4.78, 5) is 23.2. The van der Waals surface area contributed by atoms with Crippen LogP contribution in [0.2, 0.25) is 0 Å². The standard InChI is InChI=1S/C33H53NO6/c1-5-6-7-8-9-10-11-12-13-14-15-16-17-18-19-20-21-22-23-24-25-32(36)40-29-30(35)28-39-27-26-31(33(37)38)34(2,3)4/h6-7,9-10,12-13,15-16,18-19,21-22,30-31,35H,5,8,11,14,17,20,23-29H2,1-4H3/p+1/b7-6+,10-9+,13-12+,16-15+,19-18+,22-21+. The molecule has 0 rings (SSSR count). The van der Waals surface area contributed by atoms with Crippen LogP contribution in [-0.2, 0) is 19.1 Å². The van der Waals surface area contributed by atoms with E-state index in [1.165, 1.54) is 0 Å². The van der Waals surface area contributed by atoms with Gasteiger partial charge in [-0.15, -0.1) is 0 Å². The number of carboxylic acid groups (broad SMARTS) is 1. The molecule has 7 nitrogen and oxygen atoms in total. The summed E-state index contributed by atoms with van der Waals surface area (Å²) in [5.41, 5.74) is 0. The number of aliphatic hydroxyl groups excluding tert-OH is 1. The number of quaternary nitrogens is 1. The maximum absolute atomic E-state index is 11.9. The Hall–Kier alpha value is -2.74. The summed E-state index contributed by atoms with van der Waals surface area (Å²) in [6.07, 6.45) is 33.0. The van der Waals surface area contributed by atoms with Gasteiger partial charge in [0, 0.05) is 12.8 Å². The summed E-state index contributed by atoms with van der Waals surface area (Å²) in [6.45, 7) is 2.22. The quantitative estimate of drug-likeness (QED) is 0.0621. The third-order valence-electron chi connectivity index (χ3n) is 5.85. The zero-order valence-corrected chi connectivity index (χ0v) is 25.2. The van der Waals surface area contributed by atoms with Gasteiger partial charge in [0.05, 0.1) is 34.4 Å². The number of aliphatic carboxylic acids is 1. The number of ether oxygens (including phenoxy) is 2. The lowest BCUT2D eigenvalue weighted by Crippen LogP contribution is -2.50. The number of hydrogen-bond acceptors (Lipinski definition) is 5. The van der Waals surface area contributed by atoms with Gasteiger partial charge < -0.3 is 24.2 Å². The summed E-state index contributed by atoms with van der Waals surface area (Å²) in [6, 6.07) is -0.587. The first-order valence-corrected chi connectivity index (χ1v) is 14.5. The van der Waals surface area contributed by atoms with Gasteiger partial charge in [-0.25, -0.2) is 4.79 Å². The maximum Gasteiger partial charge on any atom is 0.362 e. The normalized spacial score (nSPS) is 14.5. The van der Waals surface area contributed by atoms with Gasteiger partial charge in [0.15, 0.2) is 6.04 Å². The third-order valence-corrected chi connectivity index (χ3v) is 5.85. The second-order valence-corrected chi connectivity index (χ2v) is 10.5. The molecule has 0 fully saturated rings. The van der Waals surface area contributed by atoms with Crippen molar-refractivity contribution >= 4 is 11.9 Å².